The Labute approximate surface area is 119 Å². The first-order chi connectivity index (χ1) is 9.12. The van der Waals surface area contributed by atoms with E-state index in [1.165, 1.54) is 0 Å². The number of thioether (sulfide) groups is 1. The molecule has 6 nitrogen and oxygen atoms in total. The Bertz CT molecular complexity index is 367. The quantitative estimate of drug-likeness (QED) is 0.759. The van der Waals surface area contributed by atoms with Gasteiger partial charge in [0.05, 0.1) is 7.11 Å². The van der Waals surface area contributed by atoms with Crippen LogP contribution in [0.15, 0.2) is 0 Å². The van der Waals surface area contributed by atoms with E-state index in [9.17, 15) is 0 Å². The summed E-state index contributed by atoms with van der Waals surface area (Å²) in [6, 6.07) is 0.310. The molecule has 0 fully saturated rings. The van der Waals surface area contributed by atoms with Crippen molar-refractivity contribution in [2.75, 3.05) is 37.6 Å². The molecule has 0 amide bonds. The number of nitrogens with one attached hydrogen (secondary N) is 2. The maximum Gasteiger partial charge on any atom is 0.322 e. The molecule has 0 unspecified atom stereocenters. The number of methoxy groups -OCH3 is 1. The smallest absolute Gasteiger partial charge is 0.322 e. The highest BCUT2D eigenvalue weighted by Crippen LogP contribution is 2.30. The van der Waals surface area contributed by atoms with E-state index in [1.54, 1.807) is 14.2 Å². The fraction of sp³-hybridized carbons (Fsp3) is 0.750. The zero-order valence-electron chi connectivity index (χ0n) is 12.3. The summed E-state index contributed by atoms with van der Waals surface area (Å²) in [6.45, 7) is 5.22. The van der Waals surface area contributed by atoms with E-state index in [4.69, 9.17) is 4.74 Å². The van der Waals surface area contributed by atoms with Crippen LogP contribution in [0.1, 0.15) is 26.7 Å². The molecule has 0 aromatic carbocycles. The molecule has 0 aliphatic carbocycles. The predicted molar refractivity (Wildman–Crippen MR) is 81.2 cm³/mol. The van der Waals surface area contributed by atoms with Crippen LogP contribution in [-0.4, -0.2) is 46.7 Å². The van der Waals surface area contributed by atoms with Crippen molar-refractivity contribution in [2.24, 2.45) is 0 Å². The van der Waals surface area contributed by atoms with E-state index in [0.29, 0.717) is 17.9 Å². The first-order valence-corrected chi connectivity index (χ1v) is 7.62. The Morgan fingerprint density at radius 3 is 2.26 bits per heavy atom. The molecule has 19 heavy (non-hydrogen) atoms. The van der Waals surface area contributed by atoms with Crippen LogP contribution in [0.5, 0.6) is 6.01 Å². The van der Waals surface area contributed by atoms with E-state index in [0.717, 1.165) is 19.4 Å². The second kappa shape index (κ2) is 7.37. The number of aromatic nitrogens is 3. The van der Waals surface area contributed by atoms with Crippen LogP contribution in [0.3, 0.4) is 0 Å². The second-order valence-electron chi connectivity index (χ2n) is 4.17. The fourth-order valence-electron chi connectivity index (χ4n) is 1.74. The van der Waals surface area contributed by atoms with Gasteiger partial charge in [-0.1, -0.05) is 13.8 Å². The molecule has 2 N–H and O–H groups in total. The van der Waals surface area contributed by atoms with Crippen LogP contribution in [0.2, 0.25) is 0 Å². The first kappa shape index (κ1) is 15.8. The normalized spacial score (nSPS) is 11.2. The monoisotopic (exact) mass is 285 g/mol. The molecule has 1 rings (SSSR count). The summed E-state index contributed by atoms with van der Waals surface area (Å²) in [6.07, 6.45) is 4.33. The van der Waals surface area contributed by atoms with Gasteiger partial charge in [-0.25, -0.2) is 0 Å². The molecule has 0 saturated carbocycles. The van der Waals surface area contributed by atoms with Gasteiger partial charge >= 0.3 is 6.01 Å². The Kier molecular flexibility index (Phi) is 6.14. The minimum atomic E-state index is 0.208. The van der Waals surface area contributed by atoms with Gasteiger partial charge in [0.15, 0.2) is 0 Å². The average Bonchev–Trinajstić information content (AvgIpc) is 2.48. The van der Waals surface area contributed by atoms with E-state index in [2.05, 4.69) is 45.7 Å². The zero-order valence-corrected chi connectivity index (χ0v) is 13.1. The molecule has 1 heterocycles. The highest BCUT2D eigenvalue weighted by molar-refractivity contribution is 8.00. The van der Waals surface area contributed by atoms with Crippen molar-refractivity contribution in [1.29, 1.82) is 0 Å². The Balaban J connectivity index is 2.81. The number of anilines is 2. The lowest BCUT2D eigenvalue weighted by molar-refractivity contribution is 0.379. The van der Waals surface area contributed by atoms with Crippen molar-refractivity contribution < 1.29 is 4.74 Å². The molecular formula is C12H23N5OS. The van der Waals surface area contributed by atoms with Gasteiger partial charge in [-0.2, -0.15) is 26.7 Å². The molecular weight excluding hydrogens is 262 g/mol. The van der Waals surface area contributed by atoms with Crippen molar-refractivity contribution in [3.63, 3.8) is 0 Å². The maximum absolute atomic E-state index is 5.06. The van der Waals surface area contributed by atoms with Crippen LogP contribution >= 0.6 is 11.8 Å². The summed E-state index contributed by atoms with van der Waals surface area (Å²) in [5, 5.41) is 6.18. The summed E-state index contributed by atoms with van der Waals surface area (Å²) in [7, 11) is 3.31. The molecule has 0 saturated heterocycles. The third-order valence-corrected chi connectivity index (χ3v) is 4.90. The zero-order chi connectivity index (χ0) is 14.3. The van der Waals surface area contributed by atoms with Gasteiger partial charge in [0.2, 0.25) is 11.9 Å². The highest BCUT2D eigenvalue weighted by Gasteiger charge is 2.25. The predicted octanol–water partition coefficient (Wildman–Crippen LogP) is 2.26. The van der Waals surface area contributed by atoms with Crippen molar-refractivity contribution in [2.45, 2.75) is 31.4 Å². The van der Waals surface area contributed by atoms with Gasteiger partial charge in [0.25, 0.3) is 0 Å². The Hall–Kier alpha value is -1.24. The van der Waals surface area contributed by atoms with Gasteiger partial charge in [-0.3, -0.25) is 0 Å². The number of hydrogen-bond donors (Lipinski definition) is 2. The van der Waals surface area contributed by atoms with E-state index in [1.807, 2.05) is 11.8 Å². The molecule has 0 bridgehead atoms. The standard InChI is InChI=1S/C12H23N5OS/c1-6-12(7-2,19-5)8-14-10-15-9(13-3)16-11(17-10)18-4/h6-8H2,1-5H3,(H2,13,14,15,16,17). The lowest BCUT2D eigenvalue weighted by Gasteiger charge is -2.29. The summed E-state index contributed by atoms with van der Waals surface area (Å²) in [4.78, 5) is 12.5. The third kappa shape index (κ3) is 4.12. The molecule has 1 aromatic heterocycles. The molecule has 108 valence electrons. The molecule has 0 aliphatic rings. The van der Waals surface area contributed by atoms with Crippen LogP contribution in [0.4, 0.5) is 11.9 Å². The molecule has 1 aromatic rings. The third-order valence-electron chi connectivity index (χ3n) is 3.31. The summed E-state index contributed by atoms with van der Waals surface area (Å²) in [5.41, 5.74) is 0. The van der Waals surface area contributed by atoms with Crippen LogP contribution in [0, 0.1) is 0 Å². The average molecular weight is 285 g/mol. The topological polar surface area (TPSA) is 72.0 Å². The number of nitrogens with zero attached hydrogens (tertiary/aromatic N) is 3. The Morgan fingerprint density at radius 1 is 1.16 bits per heavy atom. The SMILES string of the molecule is CCC(CC)(CNc1nc(NC)nc(OC)n1)SC. The highest BCUT2D eigenvalue weighted by atomic mass is 32.2. The largest absolute Gasteiger partial charge is 0.467 e. The van der Waals surface area contributed by atoms with Crippen LogP contribution < -0.4 is 15.4 Å². The van der Waals surface area contributed by atoms with E-state index >= 15 is 0 Å². The van der Waals surface area contributed by atoms with Gasteiger partial charge in [0.1, 0.15) is 0 Å². The second-order valence-corrected chi connectivity index (χ2v) is 5.44. The minimum Gasteiger partial charge on any atom is -0.467 e. The number of hydrogen-bond acceptors (Lipinski definition) is 7. The van der Waals surface area contributed by atoms with Gasteiger partial charge in [-0.05, 0) is 19.1 Å². The fourth-order valence-corrected chi connectivity index (χ4v) is 2.53. The van der Waals surface area contributed by atoms with E-state index < -0.39 is 0 Å². The Morgan fingerprint density at radius 2 is 1.79 bits per heavy atom. The lowest BCUT2D eigenvalue weighted by Crippen LogP contribution is -2.32. The van der Waals surface area contributed by atoms with Gasteiger partial charge < -0.3 is 15.4 Å². The molecule has 0 aliphatic heterocycles. The summed E-state index contributed by atoms with van der Waals surface area (Å²) < 4.78 is 5.27. The van der Waals surface area contributed by atoms with Crippen molar-refractivity contribution >= 4 is 23.7 Å². The van der Waals surface area contributed by atoms with Crippen molar-refractivity contribution in [1.82, 2.24) is 15.0 Å². The van der Waals surface area contributed by atoms with Gasteiger partial charge in [0, 0.05) is 18.3 Å². The van der Waals surface area contributed by atoms with E-state index in [-0.39, 0.29) is 4.75 Å². The van der Waals surface area contributed by atoms with Crippen LogP contribution in [-0.2, 0) is 0 Å². The lowest BCUT2D eigenvalue weighted by atomic mass is 10.0. The summed E-state index contributed by atoms with van der Waals surface area (Å²) in [5.74, 6) is 1.04. The number of rotatable bonds is 8. The molecule has 0 atom stereocenters. The molecule has 7 heteroatoms. The van der Waals surface area contributed by atoms with Gasteiger partial charge in [-0.15, -0.1) is 0 Å². The van der Waals surface area contributed by atoms with Crippen LogP contribution in [0.25, 0.3) is 0 Å². The van der Waals surface area contributed by atoms with Crippen molar-refractivity contribution in [3.8, 4) is 6.01 Å². The maximum atomic E-state index is 5.06. The molecule has 0 spiro atoms. The number of ether oxygens (including phenoxy) is 1. The first-order valence-electron chi connectivity index (χ1n) is 6.39. The molecule has 0 radical (unpaired) electrons. The minimum absolute atomic E-state index is 0.208. The summed E-state index contributed by atoms with van der Waals surface area (Å²) >= 11 is 1.88. The van der Waals surface area contributed by atoms with Crippen molar-refractivity contribution in [3.05, 3.63) is 0 Å².